The molecule has 2 aromatic rings. The van der Waals surface area contributed by atoms with Crippen molar-refractivity contribution in [3.05, 3.63) is 63.0 Å². The number of benzene rings is 2. The van der Waals surface area contributed by atoms with Crippen molar-refractivity contribution in [2.24, 2.45) is 0 Å². The molecule has 8 heteroatoms. The Morgan fingerprint density at radius 3 is 2.67 bits per heavy atom. The molecule has 140 valence electrons. The van der Waals surface area contributed by atoms with E-state index < -0.39 is 0 Å². The highest BCUT2D eigenvalue weighted by atomic mass is 35.5. The lowest BCUT2D eigenvalue weighted by Crippen LogP contribution is -2.33. The van der Waals surface area contributed by atoms with Crippen molar-refractivity contribution in [3.63, 3.8) is 0 Å². The number of ether oxygens (including phenoxy) is 1. The lowest BCUT2D eigenvalue weighted by molar-refractivity contribution is -0.121. The number of anilines is 1. The summed E-state index contributed by atoms with van der Waals surface area (Å²) in [5.41, 5.74) is 1.55. The molecule has 0 bridgehead atoms. The molecule has 1 N–H and O–H groups in total. The molecule has 0 aliphatic carbocycles. The number of nitrogens with zero attached hydrogens (tertiary/aromatic N) is 1. The van der Waals surface area contributed by atoms with Crippen molar-refractivity contribution in [3.8, 4) is 5.75 Å². The van der Waals surface area contributed by atoms with Gasteiger partial charge in [0.1, 0.15) is 10.1 Å². The van der Waals surface area contributed by atoms with Gasteiger partial charge >= 0.3 is 0 Å². The predicted molar refractivity (Wildman–Crippen MR) is 118 cm³/mol. The average molecular weight is 439 g/mol. The monoisotopic (exact) mass is 438 g/mol. The van der Waals surface area contributed by atoms with Crippen molar-refractivity contribution < 1.29 is 9.53 Å². The zero-order valence-corrected chi connectivity index (χ0v) is 17.5. The Morgan fingerprint density at radius 1 is 1.22 bits per heavy atom. The van der Waals surface area contributed by atoms with Gasteiger partial charge < -0.3 is 10.1 Å². The van der Waals surface area contributed by atoms with E-state index in [1.54, 1.807) is 24.3 Å². The molecule has 1 aliphatic heterocycles. The molecule has 1 fully saturated rings. The zero-order valence-electron chi connectivity index (χ0n) is 14.4. The number of rotatable bonds is 6. The molecule has 1 saturated heterocycles. The predicted octanol–water partition coefficient (Wildman–Crippen LogP) is 5.66. The normalized spacial score (nSPS) is 15.5. The summed E-state index contributed by atoms with van der Waals surface area (Å²) in [5, 5.41) is 4.05. The van der Waals surface area contributed by atoms with Crippen LogP contribution in [-0.4, -0.2) is 28.4 Å². The minimum atomic E-state index is -0.167. The summed E-state index contributed by atoms with van der Waals surface area (Å²) in [4.78, 5) is 14.7. The minimum absolute atomic E-state index is 0.167. The second-order valence-electron chi connectivity index (χ2n) is 5.55. The summed E-state index contributed by atoms with van der Waals surface area (Å²) >= 11 is 18.8. The van der Waals surface area contributed by atoms with Crippen LogP contribution >= 0.6 is 47.2 Å². The van der Waals surface area contributed by atoms with Crippen LogP contribution in [0.4, 0.5) is 5.69 Å². The number of thiocarbonyl (C=S) groups is 1. The number of halogens is 2. The van der Waals surface area contributed by atoms with Gasteiger partial charge in [0.25, 0.3) is 5.91 Å². The van der Waals surface area contributed by atoms with Crippen LogP contribution < -0.4 is 10.1 Å². The Labute approximate surface area is 177 Å². The summed E-state index contributed by atoms with van der Waals surface area (Å²) in [5.74, 6) is 0.634. The molecule has 1 heterocycles. The van der Waals surface area contributed by atoms with Gasteiger partial charge in [-0.15, -0.1) is 0 Å². The Morgan fingerprint density at radius 2 is 1.96 bits per heavy atom. The van der Waals surface area contributed by atoms with Gasteiger partial charge in [0, 0.05) is 5.69 Å². The molecular weight excluding hydrogens is 423 g/mol. The molecule has 0 atom stereocenters. The first-order valence-corrected chi connectivity index (χ1v) is 10.1. The zero-order chi connectivity index (χ0) is 19.4. The third-order valence-corrected chi connectivity index (χ3v) is 5.96. The molecule has 2 aromatic carbocycles. The third kappa shape index (κ3) is 4.76. The first-order chi connectivity index (χ1) is 13.0. The standard InChI is InChI=1S/C19H16Cl2N2O2S2/c1-2-25-14-8-6-13(7-9-14)22-11-23-18(24)16(27-19(23)26)10-12-4-3-5-15(20)17(12)21/h3-10,22H,2,11H2,1H3/b16-10+. The highest BCUT2D eigenvalue weighted by Gasteiger charge is 2.32. The Bertz CT molecular complexity index is 901. The average Bonchev–Trinajstić information content (AvgIpc) is 2.92. The maximum absolute atomic E-state index is 12.7. The molecule has 0 aromatic heterocycles. The summed E-state index contributed by atoms with van der Waals surface area (Å²) in [7, 11) is 0. The first-order valence-electron chi connectivity index (χ1n) is 8.15. The molecule has 0 unspecified atom stereocenters. The van der Waals surface area contributed by atoms with Crippen molar-refractivity contribution in [1.82, 2.24) is 4.90 Å². The molecule has 0 radical (unpaired) electrons. The number of amides is 1. The van der Waals surface area contributed by atoms with Crippen LogP contribution in [0.25, 0.3) is 6.08 Å². The SMILES string of the molecule is CCOc1ccc(NCN2C(=O)/C(=C\c3cccc(Cl)c3Cl)SC2=S)cc1. The Hall–Kier alpha value is -1.73. The fourth-order valence-corrected chi connectivity index (χ4v) is 4.02. The van der Waals surface area contributed by atoms with E-state index in [1.165, 1.54) is 16.7 Å². The van der Waals surface area contributed by atoms with Gasteiger partial charge in [0.05, 0.1) is 28.2 Å². The lowest BCUT2D eigenvalue weighted by Gasteiger charge is -2.16. The second kappa shape index (κ2) is 8.97. The van der Waals surface area contributed by atoms with Crippen LogP contribution in [0.15, 0.2) is 47.4 Å². The van der Waals surface area contributed by atoms with E-state index in [0.29, 0.717) is 31.4 Å². The third-order valence-electron chi connectivity index (χ3n) is 3.75. The molecular formula is C19H16Cl2N2O2S2. The van der Waals surface area contributed by atoms with Gasteiger partial charge in [-0.05, 0) is 48.9 Å². The van der Waals surface area contributed by atoms with Crippen molar-refractivity contribution in [2.45, 2.75) is 6.92 Å². The smallest absolute Gasteiger partial charge is 0.267 e. The molecule has 0 saturated carbocycles. The summed E-state index contributed by atoms with van der Waals surface area (Å²) in [6.45, 7) is 2.83. The maximum atomic E-state index is 12.7. The van der Waals surface area contributed by atoms with E-state index in [1.807, 2.05) is 31.2 Å². The van der Waals surface area contributed by atoms with Gasteiger partial charge in [-0.25, -0.2) is 0 Å². The van der Waals surface area contributed by atoms with Crippen molar-refractivity contribution in [2.75, 3.05) is 18.6 Å². The Kier molecular flexibility index (Phi) is 6.65. The van der Waals surface area contributed by atoms with Gasteiger partial charge in [0.2, 0.25) is 0 Å². The van der Waals surface area contributed by atoms with Crippen molar-refractivity contribution >= 4 is 69.2 Å². The largest absolute Gasteiger partial charge is 0.494 e. The van der Waals surface area contributed by atoms with Gasteiger partial charge in [-0.1, -0.05) is 59.3 Å². The molecule has 3 rings (SSSR count). The molecule has 1 aliphatic rings. The van der Waals surface area contributed by atoms with Crippen LogP contribution in [0.5, 0.6) is 5.75 Å². The number of carbonyl (C=O) groups excluding carboxylic acids is 1. The number of hydrogen-bond donors (Lipinski definition) is 1. The summed E-state index contributed by atoms with van der Waals surface area (Å²) in [6.07, 6.45) is 1.71. The summed E-state index contributed by atoms with van der Waals surface area (Å²) < 4.78 is 5.91. The number of nitrogens with one attached hydrogen (secondary N) is 1. The van der Waals surface area contributed by atoms with E-state index in [-0.39, 0.29) is 12.6 Å². The van der Waals surface area contributed by atoms with Gasteiger partial charge in [0.15, 0.2) is 0 Å². The Balaban J connectivity index is 1.69. The number of hydrogen-bond acceptors (Lipinski definition) is 5. The quantitative estimate of drug-likeness (QED) is 0.465. The highest BCUT2D eigenvalue weighted by Crippen LogP contribution is 2.35. The fourth-order valence-electron chi connectivity index (χ4n) is 2.42. The van der Waals surface area contributed by atoms with Crippen LogP contribution in [0.1, 0.15) is 12.5 Å². The van der Waals surface area contributed by atoms with E-state index in [2.05, 4.69) is 5.32 Å². The topological polar surface area (TPSA) is 41.6 Å². The van der Waals surface area contributed by atoms with Gasteiger partial charge in [-0.3, -0.25) is 9.69 Å². The molecule has 1 amide bonds. The first kappa shape index (κ1) is 20.0. The van der Waals surface area contributed by atoms with Gasteiger partial charge in [-0.2, -0.15) is 0 Å². The lowest BCUT2D eigenvalue weighted by atomic mass is 10.2. The van der Waals surface area contributed by atoms with E-state index in [4.69, 9.17) is 40.2 Å². The maximum Gasteiger partial charge on any atom is 0.267 e. The summed E-state index contributed by atoms with van der Waals surface area (Å²) in [6, 6.07) is 12.8. The molecule has 0 spiro atoms. The van der Waals surface area contributed by atoms with Crippen molar-refractivity contribution in [1.29, 1.82) is 0 Å². The molecule has 27 heavy (non-hydrogen) atoms. The van der Waals surface area contributed by atoms with Crippen LogP contribution in [-0.2, 0) is 4.79 Å². The molecule has 4 nitrogen and oxygen atoms in total. The minimum Gasteiger partial charge on any atom is -0.494 e. The van der Waals surface area contributed by atoms with E-state index >= 15 is 0 Å². The number of carbonyl (C=O) groups is 1. The number of thioether (sulfide) groups is 1. The van der Waals surface area contributed by atoms with Crippen LogP contribution in [0.3, 0.4) is 0 Å². The second-order valence-corrected chi connectivity index (χ2v) is 8.01. The van der Waals surface area contributed by atoms with Crippen LogP contribution in [0, 0.1) is 0 Å². The van der Waals surface area contributed by atoms with E-state index in [0.717, 1.165) is 11.4 Å². The highest BCUT2D eigenvalue weighted by molar-refractivity contribution is 8.26. The van der Waals surface area contributed by atoms with E-state index in [9.17, 15) is 4.79 Å². The fraction of sp³-hybridized carbons (Fsp3) is 0.158. The van der Waals surface area contributed by atoms with Crippen LogP contribution in [0.2, 0.25) is 10.0 Å².